The van der Waals surface area contributed by atoms with Crippen LogP contribution in [0, 0.1) is 0 Å². The van der Waals surface area contributed by atoms with E-state index in [2.05, 4.69) is 29.0 Å². The Morgan fingerprint density at radius 2 is 2.05 bits per heavy atom. The summed E-state index contributed by atoms with van der Waals surface area (Å²) in [5.74, 6) is 0.381. The monoisotopic (exact) mass is 293 g/mol. The number of unbranched alkanes of at least 4 members (excludes halogenated alkanes) is 1. The minimum absolute atomic E-state index is 0.0801. The molecule has 0 aromatic rings. The van der Waals surface area contributed by atoms with Gasteiger partial charge < -0.3 is 9.80 Å². The average Bonchev–Trinajstić information content (AvgIpc) is 3.08. The second-order valence-electron chi connectivity index (χ2n) is 7.04. The van der Waals surface area contributed by atoms with Gasteiger partial charge in [0.15, 0.2) is 0 Å². The Morgan fingerprint density at radius 3 is 2.81 bits per heavy atom. The van der Waals surface area contributed by atoms with Gasteiger partial charge in [0.25, 0.3) is 0 Å². The highest BCUT2D eigenvalue weighted by Crippen LogP contribution is 2.32. The molecule has 21 heavy (non-hydrogen) atoms. The van der Waals surface area contributed by atoms with Crippen LogP contribution >= 0.6 is 0 Å². The van der Waals surface area contributed by atoms with E-state index in [9.17, 15) is 4.79 Å². The highest BCUT2D eigenvalue weighted by Gasteiger charge is 2.44. The second kappa shape index (κ2) is 6.66. The first kappa shape index (κ1) is 15.3. The van der Waals surface area contributed by atoms with Gasteiger partial charge in [-0.15, -0.1) is 0 Å². The second-order valence-corrected chi connectivity index (χ2v) is 7.04. The maximum Gasteiger partial charge on any atom is 0.241 e. The summed E-state index contributed by atoms with van der Waals surface area (Å²) in [5.41, 5.74) is 0. The first-order chi connectivity index (χ1) is 10.2. The molecule has 3 fully saturated rings. The lowest BCUT2D eigenvalue weighted by Gasteiger charge is -2.41. The first-order valence-electron chi connectivity index (χ1n) is 9.06. The number of carbonyl (C=O) groups excluding carboxylic acids is 1. The zero-order valence-corrected chi connectivity index (χ0v) is 13.7. The van der Waals surface area contributed by atoms with Crippen LogP contribution in [0.1, 0.15) is 65.2 Å². The smallest absolute Gasteiger partial charge is 0.241 e. The molecule has 3 rings (SSSR count). The van der Waals surface area contributed by atoms with E-state index >= 15 is 0 Å². The van der Waals surface area contributed by atoms with Crippen molar-refractivity contribution in [3.63, 3.8) is 0 Å². The molecule has 0 spiro atoms. The lowest BCUT2D eigenvalue weighted by Crippen LogP contribution is -2.51. The fourth-order valence-electron chi connectivity index (χ4n) is 4.54. The Hall–Kier alpha value is -0.610. The largest absolute Gasteiger partial charge is 0.323 e. The Labute approximate surface area is 129 Å². The Kier molecular flexibility index (Phi) is 4.85. The lowest BCUT2D eigenvalue weighted by molar-refractivity contribution is -0.133. The first-order valence-corrected chi connectivity index (χ1v) is 9.06. The van der Waals surface area contributed by atoms with Crippen LogP contribution in [-0.4, -0.2) is 53.1 Å². The van der Waals surface area contributed by atoms with Gasteiger partial charge in [-0.25, -0.2) is 0 Å². The maximum absolute atomic E-state index is 12.8. The van der Waals surface area contributed by atoms with E-state index in [-0.39, 0.29) is 12.2 Å². The summed E-state index contributed by atoms with van der Waals surface area (Å²) in [6.07, 6.45) is 9.67. The fraction of sp³-hybridized carbons (Fsp3) is 0.941. The molecule has 1 amide bonds. The van der Waals surface area contributed by atoms with Crippen LogP contribution in [0.4, 0.5) is 0 Å². The summed E-state index contributed by atoms with van der Waals surface area (Å²) in [6.45, 7) is 6.87. The molecule has 3 heterocycles. The molecule has 0 aromatic carbocycles. The van der Waals surface area contributed by atoms with E-state index in [0.29, 0.717) is 11.9 Å². The van der Waals surface area contributed by atoms with Crippen molar-refractivity contribution >= 4 is 5.91 Å². The van der Waals surface area contributed by atoms with E-state index in [1.54, 1.807) is 0 Å². The third-order valence-electron chi connectivity index (χ3n) is 5.70. The van der Waals surface area contributed by atoms with Crippen LogP contribution in [0.2, 0.25) is 0 Å². The number of rotatable bonds is 5. The zero-order chi connectivity index (χ0) is 14.8. The van der Waals surface area contributed by atoms with Crippen LogP contribution < -0.4 is 5.32 Å². The Balaban J connectivity index is 1.66. The molecule has 4 unspecified atom stereocenters. The molecule has 0 aliphatic carbocycles. The number of nitrogens with zero attached hydrogens (tertiary/aromatic N) is 2. The molecular formula is C17H31N3O. The number of carbonyl (C=O) groups is 1. The molecule has 0 aromatic heterocycles. The summed E-state index contributed by atoms with van der Waals surface area (Å²) >= 11 is 0. The normalized spacial score (nSPS) is 37.2. The Bertz CT molecular complexity index is 373. The number of amides is 1. The summed E-state index contributed by atoms with van der Waals surface area (Å²) < 4.78 is 0. The molecule has 4 atom stereocenters. The van der Waals surface area contributed by atoms with Crippen molar-refractivity contribution in [2.75, 3.05) is 13.1 Å². The van der Waals surface area contributed by atoms with Gasteiger partial charge in [0.05, 0.1) is 12.2 Å². The van der Waals surface area contributed by atoms with Crippen LogP contribution in [0.3, 0.4) is 0 Å². The fourth-order valence-corrected chi connectivity index (χ4v) is 4.54. The van der Waals surface area contributed by atoms with E-state index in [4.69, 9.17) is 0 Å². The zero-order valence-electron chi connectivity index (χ0n) is 13.7. The highest BCUT2D eigenvalue weighted by molar-refractivity contribution is 5.84. The number of hydrogen-bond donors (Lipinski definition) is 1. The molecule has 4 nitrogen and oxygen atoms in total. The summed E-state index contributed by atoms with van der Waals surface area (Å²) in [7, 11) is 0. The van der Waals surface area contributed by atoms with Gasteiger partial charge in [0.1, 0.15) is 0 Å². The van der Waals surface area contributed by atoms with Crippen molar-refractivity contribution in [3.8, 4) is 0 Å². The van der Waals surface area contributed by atoms with Crippen LogP contribution in [0.25, 0.3) is 0 Å². The number of nitrogens with one attached hydrogen (secondary N) is 1. The van der Waals surface area contributed by atoms with Gasteiger partial charge >= 0.3 is 0 Å². The molecule has 1 N–H and O–H groups in total. The molecule has 3 aliphatic rings. The number of fused-ring (bicyclic) bond motifs is 1. The van der Waals surface area contributed by atoms with Gasteiger partial charge in [-0.1, -0.05) is 26.7 Å². The van der Waals surface area contributed by atoms with Crippen LogP contribution in [-0.2, 0) is 4.79 Å². The SMILES string of the molecule is CCCCC1NC(CC)N(C2CCN3CCCC3C2)C1=O. The van der Waals surface area contributed by atoms with Crippen molar-refractivity contribution in [2.45, 2.75) is 89.5 Å². The van der Waals surface area contributed by atoms with Crippen molar-refractivity contribution in [3.05, 3.63) is 0 Å². The molecule has 3 saturated heterocycles. The molecule has 4 heteroatoms. The minimum atomic E-state index is 0.0801. The quantitative estimate of drug-likeness (QED) is 0.845. The van der Waals surface area contributed by atoms with Gasteiger partial charge in [-0.2, -0.15) is 0 Å². The molecule has 0 saturated carbocycles. The third kappa shape index (κ3) is 2.98. The van der Waals surface area contributed by atoms with Gasteiger partial charge in [0, 0.05) is 18.6 Å². The predicted molar refractivity (Wildman–Crippen MR) is 85.0 cm³/mol. The summed E-state index contributed by atoms with van der Waals surface area (Å²) in [6, 6.07) is 1.29. The average molecular weight is 293 g/mol. The van der Waals surface area contributed by atoms with Crippen molar-refractivity contribution < 1.29 is 4.79 Å². The van der Waals surface area contributed by atoms with Crippen LogP contribution in [0.15, 0.2) is 0 Å². The van der Waals surface area contributed by atoms with E-state index < -0.39 is 0 Å². The maximum atomic E-state index is 12.8. The van der Waals surface area contributed by atoms with Gasteiger partial charge in [0.2, 0.25) is 5.91 Å². The molecule has 0 bridgehead atoms. The summed E-state index contributed by atoms with van der Waals surface area (Å²) in [4.78, 5) is 17.7. The molecule has 120 valence electrons. The molecular weight excluding hydrogens is 262 g/mol. The lowest BCUT2D eigenvalue weighted by atomic mass is 9.95. The van der Waals surface area contributed by atoms with E-state index in [1.165, 1.54) is 45.2 Å². The topological polar surface area (TPSA) is 35.6 Å². The van der Waals surface area contributed by atoms with Crippen molar-refractivity contribution in [2.24, 2.45) is 0 Å². The third-order valence-corrected chi connectivity index (χ3v) is 5.70. The van der Waals surface area contributed by atoms with E-state index in [0.717, 1.165) is 25.3 Å². The van der Waals surface area contributed by atoms with Crippen molar-refractivity contribution in [1.82, 2.24) is 15.1 Å². The Morgan fingerprint density at radius 1 is 1.19 bits per heavy atom. The summed E-state index contributed by atoms with van der Waals surface area (Å²) in [5, 5.41) is 3.60. The number of hydrogen-bond acceptors (Lipinski definition) is 3. The highest BCUT2D eigenvalue weighted by atomic mass is 16.2. The van der Waals surface area contributed by atoms with Crippen molar-refractivity contribution in [1.29, 1.82) is 0 Å². The number of piperidine rings is 1. The van der Waals surface area contributed by atoms with Gasteiger partial charge in [-0.05, 0) is 45.1 Å². The predicted octanol–water partition coefficient (Wildman–Crippen LogP) is 2.34. The standard InChI is InChI=1S/C17H31N3O/c1-3-5-8-15-17(21)20(16(4-2)18-15)14-9-11-19-10-6-7-13(19)12-14/h13-16,18H,3-12H2,1-2H3. The van der Waals surface area contributed by atoms with Crippen LogP contribution in [0.5, 0.6) is 0 Å². The minimum Gasteiger partial charge on any atom is -0.323 e. The molecule has 0 radical (unpaired) electrons. The van der Waals surface area contributed by atoms with Gasteiger partial charge in [-0.3, -0.25) is 10.1 Å². The molecule has 3 aliphatic heterocycles. The van der Waals surface area contributed by atoms with E-state index in [1.807, 2.05) is 0 Å².